The Bertz CT molecular complexity index is 456. The van der Waals surface area contributed by atoms with Gasteiger partial charge in [0.05, 0.1) is 13.2 Å². The van der Waals surface area contributed by atoms with Crippen molar-refractivity contribution in [3.8, 4) is 5.75 Å². The van der Waals surface area contributed by atoms with Crippen molar-refractivity contribution in [2.24, 2.45) is 5.92 Å². The summed E-state index contributed by atoms with van der Waals surface area (Å²) in [6.45, 7) is 4.22. The first-order valence-electron chi connectivity index (χ1n) is 7.87. The van der Waals surface area contributed by atoms with E-state index < -0.39 is 0 Å². The van der Waals surface area contributed by atoms with E-state index in [0.29, 0.717) is 12.3 Å². The van der Waals surface area contributed by atoms with Crippen molar-refractivity contribution in [3.05, 3.63) is 29.8 Å². The molecule has 0 radical (unpaired) electrons. The Kier molecular flexibility index (Phi) is 6.05. The maximum Gasteiger partial charge on any atom is 0.220 e. The van der Waals surface area contributed by atoms with Crippen LogP contribution < -0.4 is 15.4 Å². The molecule has 1 saturated heterocycles. The SMILES string of the molecule is CCC(NC(=O)CCC1CCNC1)c1ccccc1OC. The van der Waals surface area contributed by atoms with E-state index in [1.807, 2.05) is 24.3 Å². The number of benzene rings is 1. The molecular weight excluding hydrogens is 264 g/mol. The number of carbonyl (C=O) groups is 1. The van der Waals surface area contributed by atoms with Crippen LogP contribution in [-0.2, 0) is 4.79 Å². The Morgan fingerprint density at radius 1 is 1.48 bits per heavy atom. The molecule has 2 N–H and O–H groups in total. The van der Waals surface area contributed by atoms with E-state index in [2.05, 4.69) is 17.6 Å². The monoisotopic (exact) mass is 290 g/mol. The van der Waals surface area contributed by atoms with E-state index in [0.717, 1.165) is 37.2 Å². The zero-order chi connectivity index (χ0) is 15.1. The molecule has 2 unspecified atom stereocenters. The minimum atomic E-state index is 0.0235. The lowest BCUT2D eigenvalue weighted by molar-refractivity contribution is -0.122. The van der Waals surface area contributed by atoms with Gasteiger partial charge in [0.25, 0.3) is 0 Å². The second-order valence-electron chi connectivity index (χ2n) is 5.67. The molecule has 2 rings (SSSR count). The number of amides is 1. The van der Waals surface area contributed by atoms with Crippen molar-refractivity contribution >= 4 is 5.91 Å². The molecule has 0 aliphatic carbocycles. The molecule has 1 aliphatic rings. The third-order valence-corrected chi connectivity index (χ3v) is 4.20. The van der Waals surface area contributed by atoms with E-state index in [1.54, 1.807) is 7.11 Å². The molecule has 21 heavy (non-hydrogen) atoms. The number of rotatable bonds is 7. The molecule has 0 spiro atoms. The van der Waals surface area contributed by atoms with Crippen LogP contribution in [0.2, 0.25) is 0 Å². The Balaban J connectivity index is 1.90. The summed E-state index contributed by atoms with van der Waals surface area (Å²) in [7, 11) is 1.67. The molecule has 1 aromatic carbocycles. The van der Waals surface area contributed by atoms with E-state index in [4.69, 9.17) is 4.74 Å². The molecule has 1 aliphatic heterocycles. The third-order valence-electron chi connectivity index (χ3n) is 4.20. The fraction of sp³-hybridized carbons (Fsp3) is 0.588. The highest BCUT2D eigenvalue weighted by Crippen LogP contribution is 2.27. The van der Waals surface area contributed by atoms with Gasteiger partial charge in [-0.1, -0.05) is 25.1 Å². The van der Waals surface area contributed by atoms with Gasteiger partial charge in [-0.2, -0.15) is 0 Å². The molecule has 116 valence electrons. The fourth-order valence-electron chi connectivity index (χ4n) is 2.92. The van der Waals surface area contributed by atoms with Crippen molar-refractivity contribution in [2.45, 2.75) is 38.6 Å². The number of para-hydroxylation sites is 1. The molecule has 4 nitrogen and oxygen atoms in total. The number of nitrogens with one attached hydrogen (secondary N) is 2. The van der Waals surface area contributed by atoms with Gasteiger partial charge in [0.2, 0.25) is 5.91 Å². The Morgan fingerprint density at radius 2 is 2.29 bits per heavy atom. The molecule has 0 saturated carbocycles. The first-order chi connectivity index (χ1) is 10.2. The Labute approximate surface area is 127 Å². The maximum atomic E-state index is 12.2. The van der Waals surface area contributed by atoms with Crippen LogP contribution in [-0.4, -0.2) is 26.1 Å². The minimum absolute atomic E-state index is 0.0235. The van der Waals surface area contributed by atoms with Crippen molar-refractivity contribution < 1.29 is 9.53 Å². The highest BCUT2D eigenvalue weighted by Gasteiger charge is 2.19. The lowest BCUT2D eigenvalue weighted by Gasteiger charge is -2.20. The van der Waals surface area contributed by atoms with Crippen LogP contribution in [0.5, 0.6) is 5.75 Å². The molecule has 1 heterocycles. The summed E-state index contributed by atoms with van der Waals surface area (Å²) in [6, 6.07) is 7.92. The van der Waals surface area contributed by atoms with Gasteiger partial charge in [0.15, 0.2) is 0 Å². The van der Waals surface area contributed by atoms with Gasteiger partial charge in [-0.05, 0) is 44.3 Å². The average molecular weight is 290 g/mol. The molecule has 1 amide bonds. The van der Waals surface area contributed by atoms with Gasteiger partial charge in [0, 0.05) is 12.0 Å². The summed E-state index contributed by atoms with van der Waals surface area (Å²) in [5.74, 6) is 1.63. The predicted octanol–water partition coefficient (Wildman–Crippen LogP) is 2.65. The van der Waals surface area contributed by atoms with E-state index >= 15 is 0 Å². The standard InChI is InChI=1S/C17H26N2O2/c1-3-15(14-6-4-5-7-16(14)21-2)19-17(20)9-8-13-10-11-18-12-13/h4-7,13,15,18H,3,8-12H2,1-2H3,(H,19,20). The number of ether oxygens (including phenoxy) is 1. The second kappa shape index (κ2) is 8.03. The number of hydrogen-bond donors (Lipinski definition) is 2. The number of hydrogen-bond acceptors (Lipinski definition) is 3. The molecular formula is C17H26N2O2. The predicted molar refractivity (Wildman–Crippen MR) is 84.4 cm³/mol. The number of methoxy groups -OCH3 is 1. The maximum absolute atomic E-state index is 12.2. The summed E-state index contributed by atoms with van der Waals surface area (Å²) < 4.78 is 5.39. The van der Waals surface area contributed by atoms with Gasteiger partial charge in [0.1, 0.15) is 5.75 Å². The number of carbonyl (C=O) groups excluding carboxylic acids is 1. The van der Waals surface area contributed by atoms with Crippen molar-refractivity contribution in [1.82, 2.24) is 10.6 Å². The van der Waals surface area contributed by atoms with Crippen molar-refractivity contribution in [2.75, 3.05) is 20.2 Å². The smallest absolute Gasteiger partial charge is 0.220 e. The van der Waals surface area contributed by atoms with Crippen LogP contribution in [0.4, 0.5) is 0 Å². The zero-order valence-corrected chi connectivity index (χ0v) is 13.0. The molecule has 2 atom stereocenters. The van der Waals surface area contributed by atoms with Crippen LogP contribution in [0.15, 0.2) is 24.3 Å². The first-order valence-corrected chi connectivity index (χ1v) is 7.87. The molecule has 0 bridgehead atoms. The molecule has 4 heteroatoms. The van der Waals surface area contributed by atoms with Crippen LogP contribution >= 0.6 is 0 Å². The Morgan fingerprint density at radius 3 is 2.95 bits per heavy atom. The highest BCUT2D eigenvalue weighted by molar-refractivity contribution is 5.76. The molecule has 1 aromatic rings. The lowest BCUT2D eigenvalue weighted by atomic mass is 10.0. The summed E-state index contributed by atoms with van der Waals surface area (Å²) >= 11 is 0. The van der Waals surface area contributed by atoms with Gasteiger partial charge in [-0.25, -0.2) is 0 Å². The van der Waals surface area contributed by atoms with Crippen LogP contribution in [0.1, 0.15) is 44.2 Å². The lowest BCUT2D eigenvalue weighted by Crippen LogP contribution is -2.28. The topological polar surface area (TPSA) is 50.4 Å². The van der Waals surface area contributed by atoms with Gasteiger partial charge < -0.3 is 15.4 Å². The summed E-state index contributed by atoms with van der Waals surface area (Å²) in [5.41, 5.74) is 1.05. The van der Waals surface area contributed by atoms with E-state index in [1.165, 1.54) is 6.42 Å². The highest BCUT2D eigenvalue weighted by atomic mass is 16.5. The summed E-state index contributed by atoms with van der Waals surface area (Å²) in [6.07, 6.45) is 3.63. The normalized spacial score (nSPS) is 19.2. The minimum Gasteiger partial charge on any atom is -0.496 e. The van der Waals surface area contributed by atoms with Gasteiger partial charge in [-0.3, -0.25) is 4.79 Å². The first kappa shape index (κ1) is 15.8. The van der Waals surface area contributed by atoms with E-state index in [9.17, 15) is 4.79 Å². The molecule has 1 fully saturated rings. The quantitative estimate of drug-likeness (QED) is 0.811. The van der Waals surface area contributed by atoms with Crippen molar-refractivity contribution in [1.29, 1.82) is 0 Å². The van der Waals surface area contributed by atoms with Crippen LogP contribution in [0.3, 0.4) is 0 Å². The summed E-state index contributed by atoms with van der Waals surface area (Å²) in [5, 5.41) is 6.48. The van der Waals surface area contributed by atoms with Gasteiger partial charge >= 0.3 is 0 Å². The zero-order valence-electron chi connectivity index (χ0n) is 13.0. The summed E-state index contributed by atoms with van der Waals surface area (Å²) in [4.78, 5) is 12.2. The second-order valence-corrected chi connectivity index (χ2v) is 5.67. The van der Waals surface area contributed by atoms with Crippen LogP contribution in [0.25, 0.3) is 0 Å². The average Bonchev–Trinajstić information content (AvgIpc) is 3.04. The Hall–Kier alpha value is -1.55. The fourth-order valence-corrected chi connectivity index (χ4v) is 2.92. The largest absolute Gasteiger partial charge is 0.496 e. The van der Waals surface area contributed by atoms with Crippen LogP contribution in [0, 0.1) is 5.92 Å². The van der Waals surface area contributed by atoms with Gasteiger partial charge in [-0.15, -0.1) is 0 Å². The van der Waals surface area contributed by atoms with E-state index in [-0.39, 0.29) is 11.9 Å². The van der Waals surface area contributed by atoms with Crippen molar-refractivity contribution in [3.63, 3.8) is 0 Å². The molecule has 0 aromatic heterocycles. The third kappa shape index (κ3) is 4.46.